The molecule has 246 valence electrons. The maximum Gasteiger partial charge on any atom is 0.239 e. The van der Waals surface area contributed by atoms with Gasteiger partial charge in [-0.05, 0) is 12.1 Å². The van der Waals surface area contributed by atoms with E-state index < -0.39 is 131 Å². The fourth-order valence-corrected chi connectivity index (χ4v) is 4.95. The number of phenolic OH excluding ortho intramolecular Hbond substituents is 4. The maximum atomic E-state index is 14.1. The molecule has 0 amide bonds. The molecule has 2 saturated heterocycles. The van der Waals surface area contributed by atoms with Gasteiger partial charge in [-0.1, -0.05) is 0 Å². The van der Waals surface area contributed by atoms with Gasteiger partial charge in [0, 0.05) is 17.7 Å². The molecule has 45 heavy (non-hydrogen) atoms. The molecule has 2 unspecified atom stereocenters. The van der Waals surface area contributed by atoms with E-state index in [1.807, 2.05) is 0 Å². The third-order valence-corrected chi connectivity index (χ3v) is 7.41. The van der Waals surface area contributed by atoms with Crippen molar-refractivity contribution in [2.24, 2.45) is 0 Å². The number of hydrogen-bond donors (Lipinski definition) is 12. The lowest BCUT2D eigenvalue weighted by Gasteiger charge is -2.39. The van der Waals surface area contributed by atoms with E-state index in [-0.39, 0.29) is 5.56 Å². The second kappa shape index (κ2) is 12.4. The molecule has 10 atom stereocenters. The maximum absolute atomic E-state index is 14.1. The van der Waals surface area contributed by atoms with Crippen LogP contribution in [0, 0.1) is 0 Å². The van der Waals surface area contributed by atoms with Crippen LogP contribution in [0.5, 0.6) is 34.5 Å². The number of aliphatic hydroxyl groups is 8. The molecule has 3 heterocycles. The molecule has 0 saturated carbocycles. The van der Waals surface area contributed by atoms with Gasteiger partial charge in [-0.3, -0.25) is 4.79 Å². The average molecular weight is 643 g/mol. The zero-order valence-corrected chi connectivity index (χ0v) is 22.8. The lowest BCUT2D eigenvalue weighted by atomic mass is 9.99. The van der Waals surface area contributed by atoms with Gasteiger partial charge in [-0.25, -0.2) is 0 Å². The SMILES string of the molecule is O=c1c(OC2O[C@H](CO)[C@H](O)[C@H](O)[C@H]2O)c(-c2cc(O)c(O)c(O)c2)oc2cc(O)cc(OC3O[C@H](CO)[C@H](O)[C@H](O)[C@H]3O)c12. The molecule has 12 N–H and O–H groups in total. The van der Waals surface area contributed by atoms with Gasteiger partial charge >= 0.3 is 0 Å². The molecule has 18 nitrogen and oxygen atoms in total. The Balaban J connectivity index is 1.68. The van der Waals surface area contributed by atoms with Gasteiger partial charge in [0.25, 0.3) is 0 Å². The van der Waals surface area contributed by atoms with Crippen LogP contribution in [0.3, 0.4) is 0 Å². The van der Waals surface area contributed by atoms with E-state index in [9.17, 15) is 66.1 Å². The van der Waals surface area contributed by atoms with Gasteiger partial charge < -0.3 is 84.6 Å². The number of hydrogen-bond acceptors (Lipinski definition) is 18. The summed E-state index contributed by atoms with van der Waals surface area (Å²) in [6.07, 6.45) is -17.9. The summed E-state index contributed by atoms with van der Waals surface area (Å²) in [6, 6.07) is 3.54. The van der Waals surface area contributed by atoms with Gasteiger partial charge in [-0.2, -0.15) is 0 Å². The minimum Gasteiger partial charge on any atom is -0.508 e. The van der Waals surface area contributed by atoms with Gasteiger partial charge in [0.1, 0.15) is 71.3 Å². The molecule has 1 aromatic heterocycles. The van der Waals surface area contributed by atoms with Crippen LogP contribution < -0.4 is 14.9 Å². The second-order valence-electron chi connectivity index (χ2n) is 10.4. The summed E-state index contributed by atoms with van der Waals surface area (Å²) in [5.74, 6) is -5.23. The van der Waals surface area contributed by atoms with Crippen LogP contribution in [-0.2, 0) is 9.47 Å². The van der Waals surface area contributed by atoms with E-state index >= 15 is 0 Å². The molecule has 5 rings (SSSR count). The molecule has 0 bridgehead atoms. The van der Waals surface area contributed by atoms with Crippen molar-refractivity contribution in [1.29, 1.82) is 0 Å². The highest BCUT2D eigenvalue weighted by Crippen LogP contribution is 2.43. The van der Waals surface area contributed by atoms with E-state index in [0.717, 1.165) is 24.3 Å². The Hall–Kier alpha value is -3.95. The quantitative estimate of drug-likeness (QED) is 0.112. The highest BCUT2D eigenvalue weighted by molar-refractivity contribution is 5.89. The number of ether oxygens (including phenoxy) is 4. The molecular formula is C27H30O18. The first-order valence-electron chi connectivity index (χ1n) is 13.3. The number of benzene rings is 2. The van der Waals surface area contributed by atoms with Crippen molar-refractivity contribution < 1.29 is 84.6 Å². The molecule has 3 aromatic rings. The Labute approximate surface area is 250 Å². The van der Waals surface area contributed by atoms with Crippen LogP contribution in [0.1, 0.15) is 0 Å². The lowest BCUT2D eigenvalue weighted by Crippen LogP contribution is -2.60. The lowest BCUT2D eigenvalue weighted by molar-refractivity contribution is -0.277. The number of aromatic hydroxyl groups is 4. The number of aliphatic hydroxyl groups excluding tert-OH is 8. The largest absolute Gasteiger partial charge is 0.508 e. The van der Waals surface area contributed by atoms with Crippen molar-refractivity contribution in [2.75, 3.05) is 13.2 Å². The molecular weight excluding hydrogens is 612 g/mol. The normalized spacial score (nSPS) is 32.0. The van der Waals surface area contributed by atoms with Gasteiger partial charge in [0.15, 0.2) is 23.0 Å². The van der Waals surface area contributed by atoms with Crippen molar-refractivity contribution in [2.45, 2.75) is 61.4 Å². The van der Waals surface area contributed by atoms with Gasteiger partial charge in [-0.15, -0.1) is 0 Å². The van der Waals surface area contributed by atoms with E-state index in [2.05, 4.69) is 0 Å². The third-order valence-electron chi connectivity index (χ3n) is 7.41. The Kier molecular flexibility index (Phi) is 8.97. The molecule has 2 aromatic carbocycles. The van der Waals surface area contributed by atoms with E-state index in [0.29, 0.717) is 0 Å². The summed E-state index contributed by atoms with van der Waals surface area (Å²) in [7, 11) is 0. The van der Waals surface area contributed by atoms with Crippen molar-refractivity contribution >= 4 is 11.0 Å². The highest BCUT2D eigenvalue weighted by atomic mass is 16.7. The van der Waals surface area contributed by atoms with Crippen LogP contribution in [0.2, 0.25) is 0 Å². The van der Waals surface area contributed by atoms with Crippen LogP contribution >= 0.6 is 0 Å². The third kappa shape index (κ3) is 5.79. The Morgan fingerprint density at radius 3 is 1.69 bits per heavy atom. The van der Waals surface area contributed by atoms with Gasteiger partial charge in [0.2, 0.25) is 23.8 Å². The molecule has 18 heteroatoms. The van der Waals surface area contributed by atoms with Gasteiger partial charge in [0.05, 0.1) is 13.2 Å². The van der Waals surface area contributed by atoms with E-state index in [1.165, 1.54) is 0 Å². The Morgan fingerprint density at radius 1 is 0.667 bits per heavy atom. The zero-order chi connectivity index (χ0) is 32.9. The fourth-order valence-electron chi connectivity index (χ4n) is 4.95. The predicted octanol–water partition coefficient (Wildman–Crippen LogP) is -3.36. The summed E-state index contributed by atoms with van der Waals surface area (Å²) < 4.78 is 27.7. The monoisotopic (exact) mass is 642 g/mol. The van der Waals surface area contributed by atoms with Crippen LogP contribution in [0.4, 0.5) is 0 Å². The second-order valence-corrected chi connectivity index (χ2v) is 10.4. The number of rotatable bonds is 7. The predicted molar refractivity (Wildman–Crippen MR) is 143 cm³/mol. The van der Waals surface area contributed by atoms with Crippen LogP contribution in [0.25, 0.3) is 22.3 Å². The molecule has 2 fully saturated rings. The standard InChI is InChI=1S/C27H30O18/c28-5-13-17(34)20(37)22(39)26(43-13)42-12-4-8(30)3-11-15(12)19(36)25(24(41-11)7-1-9(31)16(33)10(32)2-7)45-27-23(40)21(38)18(35)14(6-29)44-27/h1-4,13-14,17-18,20-23,26-35,37-40H,5-6H2/t13-,14-,17+,18+,20+,21+,22-,23-,26?,27?/m1/s1. The summed E-state index contributed by atoms with van der Waals surface area (Å²) in [6.45, 7) is -1.65. The molecule has 2 aliphatic heterocycles. The fraction of sp³-hybridized carbons (Fsp3) is 0.444. The number of fused-ring (bicyclic) bond motifs is 1. The summed E-state index contributed by atoms with van der Waals surface area (Å²) in [5.41, 5.74) is -1.90. The topological polar surface area (TPSA) is 310 Å². The van der Waals surface area contributed by atoms with E-state index in [1.54, 1.807) is 0 Å². The minimum atomic E-state index is -2.02. The summed E-state index contributed by atoms with van der Waals surface area (Å²) in [5, 5.41) is 121. The molecule has 0 aliphatic carbocycles. The molecule has 2 aliphatic rings. The van der Waals surface area contributed by atoms with Crippen LogP contribution in [-0.4, -0.2) is 136 Å². The van der Waals surface area contributed by atoms with Crippen molar-refractivity contribution in [3.8, 4) is 45.8 Å². The zero-order valence-electron chi connectivity index (χ0n) is 22.8. The first-order valence-corrected chi connectivity index (χ1v) is 13.3. The molecule has 0 spiro atoms. The number of phenols is 4. The average Bonchev–Trinajstić information content (AvgIpc) is 3.00. The Morgan fingerprint density at radius 2 is 1.18 bits per heavy atom. The highest BCUT2D eigenvalue weighted by Gasteiger charge is 2.47. The van der Waals surface area contributed by atoms with Crippen LogP contribution in [0.15, 0.2) is 33.5 Å². The first kappa shape index (κ1) is 32.4. The van der Waals surface area contributed by atoms with Crippen molar-refractivity contribution in [3.63, 3.8) is 0 Å². The van der Waals surface area contributed by atoms with Crippen molar-refractivity contribution in [3.05, 3.63) is 34.5 Å². The Bertz CT molecular complexity index is 1580. The minimum absolute atomic E-state index is 0.305. The smallest absolute Gasteiger partial charge is 0.239 e. The van der Waals surface area contributed by atoms with Crippen molar-refractivity contribution in [1.82, 2.24) is 0 Å². The summed E-state index contributed by atoms with van der Waals surface area (Å²) >= 11 is 0. The first-order chi connectivity index (χ1) is 21.3. The summed E-state index contributed by atoms with van der Waals surface area (Å²) in [4.78, 5) is 14.1. The molecule has 0 radical (unpaired) electrons. The van der Waals surface area contributed by atoms with E-state index in [4.69, 9.17) is 23.4 Å².